The Balaban J connectivity index is 1.61. The molecule has 4 unspecified atom stereocenters. The van der Waals surface area contributed by atoms with Gasteiger partial charge in [0.05, 0.1) is 6.10 Å². The SMILES string of the molecule is CCOC1CC(NC2CCCCC2C)C12CCCC2. The number of ether oxygens (including phenoxy) is 1. The molecule has 0 aromatic rings. The first kappa shape index (κ1) is 13.9. The minimum Gasteiger partial charge on any atom is -0.378 e. The fourth-order valence-electron chi connectivity index (χ4n) is 4.94. The highest BCUT2D eigenvalue weighted by Crippen LogP contribution is 2.55. The van der Waals surface area contributed by atoms with Gasteiger partial charge in [0.1, 0.15) is 0 Å². The zero-order valence-corrected chi connectivity index (χ0v) is 12.8. The van der Waals surface area contributed by atoms with Crippen LogP contribution in [0.2, 0.25) is 0 Å². The van der Waals surface area contributed by atoms with Crippen molar-refractivity contribution in [3.63, 3.8) is 0 Å². The van der Waals surface area contributed by atoms with Crippen LogP contribution in [0.5, 0.6) is 0 Å². The predicted octanol–water partition coefficient (Wildman–Crippen LogP) is 3.89. The Morgan fingerprint density at radius 3 is 2.53 bits per heavy atom. The van der Waals surface area contributed by atoms with Crippen LogP contribution in [0, 0.1) is 11.3 Å². The summed E-state index contributed by atoms with van der Waals surface area (Å²) in [5.74, 6) is 0.873. The zero-order valence-electron chi connectivity index (χ0n) is 12.8. The van der Waals surface area contributed by atoms with E-state index in [2.05, 4.69) is 19.2 Å². The topological polar surface area (TPSA) is 21.3 Å². The number of hydrogen-bond acceptors (Lipinski definition) is 2. The molecule has 3 rings (SSSR count). The van der Waals surface area contributed by atoms with E-state index in [4.69, 9.17) is 4.74 Å². The molecule has 3 aliphatic carbocycles. The molecule has 0 aliphatic heterocycles. The van der Waals surface area contributed by atoms with Crippen LogP contribution in [-0.2, 0) is 4.74 Å². The van der Waals surface area contributed by atoms with E-state index in [9.17, 15) is 0 Å². The monoisotopic (exact) mass is 265 g/mol. The van der Waals surface area contributed by atoms with Crippen LogP contribution in [0.25, 0.3) is 0 Å². The fraction of sp³-hybridized carbons (Fsp3) is 1.00. The van der Waals surface area contributed by atoms with E-state index in [1.807, 2.05) is 0 Å². The Kier molecular flexibility index (Phi) is 4.19. The molecule has 0 amide bonds. The van der Waals surface area contributed by atoms with Gasteiger partial charge < -0.3 is 10.1 Å². The molecule has 3 saturated carbocycles. The quantitative estimate of drug-likeness (QED) is 0.832. The highest BCUT2D eigenvalue weighted by molar-refractivity contribution is 5.10. The molecule has 2 nitrogen and oxygen atoms in total. The van der Waals surface area contributed by atoms with Crippen LogP contribution in [0.3, 0.4) is 0 Å². The second-order valence-electron chi connectivity index (χ2n) is 7.21. The van der Waals surface area contributed by atoms with Gasteiger partial charge in [0, 0.05) is 24.1 Å². The summed E-state index contributed by atoms with van der Waals surface area (Å²) in [6.07, 6.45) is 13.1. The molecule has 1 N–H and O–H groups in total. The summed E-state index contributed by atoms with van der Waals surface area (Å²) in [5.41, 5.74) is 0.507. The Labute approximate surface area is 118 Å². The molecule has 1 spiro atoms. The van der Waals surface area contributed by atoms with Gasteiger partial charge in [0.25, 0.3) is 0 Å². The van der Waals surface area contributed by atoms with E-state index in [0.717, 1.165) is 24.6 Å². The Hall–Kier alpha value is -0.0800. The molecule has 19 heavy (non-hydrogen) atoms. The van der Waals surface area contributed by atoms with Crippen molar-refractivity contribution >= 4 is 0 Å². The van der Waals surface area contributed by atoms with Crippen molar-refractivity contribution in [2.24, 2.45) is 11.3 Å². The lowest BCUT2D eigenvalue weighted by atomic mass is 9.60. The molecule has 0 radical (unpaired) electrons. The van der Waals surface area contributed by atoms with E-state index >= 15 is 0 Å². The third kappa shape index (κ3) is 2.47. The average molecular weight is 265 g/mol. The van der Waals surface area contributed by atoms with Gasteiger partial charge in [-0.1, -0.05) is 32.6 Å². The number of nitrogens with one attached hydrogen (secondary N) is 1. The molecule has 0 saturated heterocycles. The van der Waals surface area contributed by atoms with Gasteiger partial charge in [0.15, 0.2) is 0 Å². The van der Waals surface area contributed by atoms with Crippen LogP contribution in [0.15, 0.2) is 0 Å². The second kappa shape index (κ2) is 5.73. The van der Waals surface area contributed by atoms with Crippen LogP contribution in [-0.4, -0.2) is 24.8 Å². The normalized spacial score (nSPS) is 41.4. The Morgan fingerprint density at radius 2 is 1.84 bits per heavy atom. The highest BCUT2D eigenvalue weighted by atomic mass is 16.5. The Bertz CT molecular complexity index is 298. The summed E-state index contributed by atoms with van der Waals surface area (Å²) in [6, 6.07) is 1.52. The van der Waals surface area contributed by atoms with Crippen molar-refractivity contribution < 1.29 is 4.74 Å². The third-order valence-corrected chi connectivity index (χ3v) is 6.21. The summed E-state index contributed by atoms with van der Waals surface area (Å²) in [5, 5.41) is 4.05. The average Bonchev–Trinajstić information content (AvgIpc) is 2.92. The van der Waals surface area contributed by atoms with Gasteiger partial charge in [0.2, 0.25) is 0 Å². The van der Waals surface area contributed by atoms with Gasteiger partial charge in [-0.3, -0.25) is 0 Å². The predicted molar refractivity (Wildman–Crippen MR) is 79.3 cm³/mol. The molecular weight excluding hydrogens is 234 g/mol. The standard InChI is InChI=1S/C17H31NO/c1-3-19-16-12-15(17(16)10-6-7-11-17)18-14-9-5-4-8-13(14)2/h13-16,18H,3-12H2,1-2H3. The summed E-state index contributed by atoms with van der Waals surface area (Å²) in [7, 11) is 0. The number of hydrogen-bond donors (Lipinski definition) is 1. The maximum atomic E-state index is 6.02. The number of rotatable bonds is 4. The maximum Gasteiger partial charge on any atom is 0.0661 e. The van der Waals surface area contributed by atoms with Crippen LogP contribution in [0.1, 0.15) is 71.6 Å². The zero-order chi connectivity index (χ0) is 13.3. The molecule has 4 atom stereocenters. The van der Waals surface area contributed by atoms with Crippen molar-refractivity contribution in [1.82, 2.24) is 5.32 Å². The summed E-state index contributed by atoms with van der Waals surface area (Å²) in [6.45, 7) is 5.47. The van der Waals surface area contributed by atoms with E-state index in [-0.39, 0.29) is 0 Å². The van der Waals surface area contributed by atoms with Crippen molar-refractivity contribution in [2.75, 3.05) is 6.61 Å². The minimum absolute atomic E-state index is 0.507. The molecule has 3 aliphatic rings. The first-order valence-electron chi connectivity index (χ1n) is 8.64. The maximum absolute atomic E-state index is 6.02. The van der Waals surface area contributed by atoms with Gasteiger partial charge >= 0.3 is 0 Å². The summed E-state index contributed by atoms with van der Waals surface area (Å²) >= 11 is 0. The lowest BCUT2D eigenvalue weighted by Gasteiger charge is -2.56. The van der Waals surface area contributed by atoms with Gasteiger partial charge in [-0.15, -0.1) is 0 Å². The van der Waals surface area contributed by atoms with Gasteiger partial charge in [-0.2, -0.15) is 0 Å². The Morgan fingerprint density at radius 1 is 1.11 bits per heavy atom. The molecule has 3 fully saturated rings. The molecule has 2 heteroatoms. The van der Waals surface area contributed by atoms with Crippen molar-refractivity contribution in [3.05, 3.63) is 0 Å². The van der Waals surface area contributed by atoms with Crippen LogP contribution >= 0.6 is 0 Å². The van der Waals surface area contributed by atoms with Crippen LogP contribution in [0.4, 0.5) is 0 Å². The molecular formula is C17H31NO. The molecule has 0 aromatic heterocycles. The van der Waals surface area contributed by atoms with Crippen molar-refractivity contribution in [1.29, 1.82) is 0 Å². The smallest absolute Gasteiger partial charge is 0.0661 e. The van der Waals surface area contributed by atoms with Gasteiger partial charge in [-0.25, -0.2) is 0 Å². The molecule has 110 valence electrons. The lowest BCUT2D eigenvalue weighted by Crippen LogP contribution is -2.65. The highest BCUT2D eigenvalue weighted by Gasteiger charge is 2.56. The third-order valence-electron chi connectivity index (χ3n) is 6.21. The lowest BCUT2D eigenvalue weighted by molar-refractivity contribution is -0.134. The fourth-order valence-corrected chi connectivity index (χ4v) is 4.94. The largest absolute Gasteiger partial charge is 0.378 e. The molecule has 0 heterocycles. The summed E-state index contributed by atoms with van der Waals surface area (Å²) in [4.78, 5) is 0. The van der Waals surface area contributed by atoms with Crippen LogP contribution < -0.4 is 5.32 Å². The second-order valence-corrected chi connectivity index (χ2v) is 7.21. The molecule has 0 bridgehead atoms. The summed E-state index contributed by atoms with van der Waals surface area (Å²) < 4.78 is 6.02. The van der Waals surface area contributed by atoms with Gasteiger partial charge in [-0.05, 0) is 44.9 Å². The van der Waals surface area contributed by atoms with Crippen molar-refractivity contribution in [2.45, 2.75) is 89.8 Å². The van der Waals surface area contributed by atoms with E-state index < -0.39 is 0 Å². The van der Waals surface area contributed by atoms with E-state index in [0.29, 0.717) is 11.5 Å². The van der Waals surface area contributed by atoms with E-state index in [1.54, 1.807) is 0 Å². The van der Waals surface area contributed by atoms with E-state index in [1.165, 1.54) is 57.8 Å². The minimum atomic E-state index is 0.507. The molecule has 0 aromatic carbocycles. The van der Waals surface area contributed by atoms with Crippen molar-refractivity contribution in [3.8, 4) is 0 Å². The first-order valence-corrected chi connectivity index (χ1v) is 8.64. The first-order chi connectivity index (χ1) is 9.26.